The van der Waals surface area contributed by atoms with Gasteiger partial charge in [0.15, 0.2) is 0 Å². The summed E-state index contributed by atoms with van der Waals surface area (Å²) in [6, 6.07) is 2.95. The molecule has 1 aromatic carbocycles. The standard InChI is InChI=1S/C14H20BrN3O4/c1-7(4-8(2)17-14(20)21)13(19)18-11-5-9(15)12(22-3)6-10(11)16/h5-8,17H,4,16H2,1-3H3,(H,18,19)(H,20,21). The Morgan fingerprint density at radius 2 is 2.05 bits per heavy atom. The largest absolute Gasteiger partial charge is 0.495 e. The van der Waals surface area contributed by atoms with E-state index in [4.69, 9.17) is 15.6 Å². The van der Waals surface area contributed by atoms with E-state index >= 15 is 0 Å². The molecule has 0 aliphatic carbocycles. The second-order valence-corrected chi connectivity index (χ2v) is 5.90. The van der Waals surface area contributed by atoms with Crippen molar-refractivity contribution in [3.63, 3.8) is 0 Å². The number of nitrogens with one attached hydrogen (secondary N) is 2. The van der Waals surface area contributed by atoms with Crippen molar-refractivity contribution >= 4 is 39.3 Å². The van der Waals surface area contributed by atoms with Gasteiger partial charge in [0, 0.05) is 18.0 Å². The van der Waals surface area contributed by atoms with Crippen LogP contribution in [0, 0.1) is 5.92 Å². The van der Waals surface area contributed by atoms with E-state index in [1.54, 1.807) is 26.0 Å². The number of carboxylic acid groups (broad SMARTS) is 1. The number of carbonyl (C=O) groups excluding carboxylic acids is 1. The molecule has 0 fully saturated rings. The molecule has 1 rings (SSSR count). The summed E-state index contributed by atoms with van der Waals surface area (Å²) in [5.41, 5.74) is 6.74. The van der Waals surface area contributed by atoms with E-state index in [-0.39, 0.29) is 17.9 Å². The van der Waals surface area contributed by atoms with Gasteiger partial charge in [-0.3, -0.25) is 4.79 Å². The summed E-state index contributed by atoms with van der Waals surface area (Å²) >= 11 is 3.33. The van der Waals surface area contributed by atoms with Crippen molar-refractivity contribution in [2.24, 2.45) is 5.92 Å². The Labute approximate surface area is 137 Å². The van der Waals surface area contributed by atoms with Crippen LogP contribution in [0.3, 0.4) is 0 Å². The summed E-state index contributed by atoms with van der Waals surface area (Å²) in [5, 5.41) is 13.7. The average molecular weight is 374 g/mol. The zero-order valence-electron chi connectivity index (χ0n) is 12.6. The molecule has 0 saturated carbocycles. The number of nitrogens with two attached hydrogens (primary N) is 1. The zero-order valence-corrected chi connectivity index (χ0v) is 14.2. The van der Waals surface area contributed by atoms with Crippen LogP contribution in [0.1, 0.15) is 20.3 Å². The number of hydrogen-bond acceptors (Lipinski definition) is 4. The molecule has 0 saturated heterocycles. The number of methoxy groups -OCH3 is 1. The molecule has 7 nitrogen and oxygen atoms in total. The lowest BCUT2D eigenvalue weighted by molar-refractivity contribution is -0.119. The van der Waals surface area contributed by atoms with Gasteiger partial charge in [0.2, 0.25) is 5.91 Å². The first-order chi connectivity index (χ1) is 10.2. The molecule has 8 heteroatoms. The van der Waals surface area contributed by atoms with Gasteiger partial charge in [0.25, 0.3) is 0 Å². The molecule has 0 radical (unpaired) electrons. The Bertz CT molecular complexity index is 565. The van der Waals surface area contributed by atoms with Crippen molar-refractivity contribution in [3.05, 3.63) is 16.6 Å². The maximum absolute atomic E-state index is 12.2. The second kappa shape index (κ2) is 7.88. The number of ether oxygens (including phenoxy) is 1. The minimum Gasteiger partial charge on any atom is -0.495 e. The van der Waals surface area contributed by atoms with Crippen molar-refractivity contribution in [2.75, 3.05) is 18.2 Å². The Kier molecular flexibility index (Phi) is 6.48. The van der Waals surface area contributed by atoms with Crippen molar-refractivity contribution < 1.29 is 19.4 Å². The number of nitrogen functional groups attached to an aromatic ring is 1. The Morgan fingerprint density at radius 1 is 1.41 bits per heavy atom. The van der Waals surface area contributed by atoms with Crippen LogP contribution in [0.5, 0.6) is 5.75 Å². The summed E-state index contributed by atoms with van der Waals surface area (Å²) in [4.78, 5) is 22.7. The van der Waals surface area contributed by atoms with Gasteiger partial charge in [-0.1, -0.05) is 6.92 Å². The van der Waals surface area contributed by atoms with Crippen LogP contribution < -0.4 is 21.1 Å². The van der Waals surface area contributed by atoms with Crippen LogP contribution in [-0.2, 0) is 4.79 Å². The van der Waals surface area contributed by atoms with E-state index in [0.29, 0.717) is 28.0 Å². The third-order valence-electron chi connectivity index (χ3n) is 3.11. The van der Waals surface area contributed by atoms with Crippen molar-refractivity contribution in [3.8, 4) is 5.75 Å². The van der Waals surface area contributed by atoms with E-state index in [2.05, 4.69) is 26.6 Å². The van der Waals surface area contributed by atoms with Crippen LogP contribution in [0.2, 0.25) is 0 Å². The first-order valence-electron chi connectivity index (χ1n) is 6.68. The molecule has 0 heterocycles. The minimum absolute atomic E-state index is 0.234. The number of amides is 2. The Balaban J connectivity index is 2.72. The van der Waals surface area contributed by atoms with Gasteiger partial charge < -0.3 is 26.2 Å². The van der Waals surface area contributed by atoms with Gasteiger partial charge in [-0.25, -0.2) is 4.79 Å². The molecule has 0 aliphatic rings. The quantitative estimate of drug-likeness (QED) is 0.572. The Morgan fingerprint density at radius 3 is 2.59 bits per heavy atom. The number of anilines is 2. The molecule has 0 spiro atoms. The Hall–Kier alpha value is -1.96. The van der Waals surface area contributed by atoms with Crippen molar-refractivity contribution in [1.82, 2.24) is 5.32 Å². The topological polar surface area (TPSA) is 114 Å². The van der Waals surface area contributed by atoms with Gasteiger partial charge in [-0.2, -0.15) is 0 Å². The van der Waals surface area contributed by atoms with E-state index in [1.165, 1.54) is 7.11 Å². The lowest BCUT2D eigenvalue weighted by Gasteiger charge is -2.18. The molecule has 0 aliphatic heterocycles. The predicted molar refractivity (Wildman–Crippen MR) is 88.1 cm³/mol. The lowest BCUT2D eigenvalue weighted by Crippen LogP contribution is -2.34. The van der Waals surface area contributed by atoms with Crippen molar-refractivity contribution in [2.45, 2.75) is 26.3 Å². The summed E-state index contributed by atoms with van der Waals surface area (Å²) in [6.07, 6.45) is -0.724. The SMILES string of the molecule is COc1cc(N)c(NC(=O)C(C)CC(C)NC(=O)O)cc1Br. The van der Waals surface area contributed by atoms with Gasteiger partial charge in [0.05, 0.1) is 23.0 Å². The maximum atomic E-state index is 12.2. The van der Waals surface area contributed by atoms with Crippen LogP contribution in [-0.4, -0.2) is 30.3 Å². The number of halogens is 1. The van der Waals surface area contributed by atoms with E-state index < -0.39 is 6.09 Å². The molecule has 2 amide bonds. The highest BCUT2D eigenvalue weighted by molar-refractivity contribution is 9.10. The highest BCUT2D eigenvalue weighted by atomic mass is 79.9. The van der Waals surface area contributed by atoms with E-state index in [0.717, 1.165) is 0 Å². The fourth-order valence-corrected chi connectivity index (χ4v) is 2.50. The third kappa shape index (κ3) is 5.10. The molecule has 1 aromatic rings. The monoisotopic (exact) mass is 373 g/mol. The predicted octanol–water partition coefficient (Wildman–Crippen LogP) is 2.66. The molecule has 0 bridgehead atoms. The maximum Gasteiger partial charge on any atom is 0.404 e. The average Bonchev–Trinajstić information content (AvgIpc) is 2.41. The van der Waals surface area contributed by atoms with Crippen LogP contribution in [0.15, 0.2) is 16.6 Å². The number of benzene rings is 1. The molecule has 2 atom stereocenters. The normalized spacial score (nSPS) is 13.1. The molecular weight excluding hydrogens is 354 g/mol. The zero-order chi connectivity index (χ0) is 16.9. The number of carbonyl (C=O) groups is 2. The summed E-state index contributed by atoms with van der Waals surface area (Å²) in [6.45, 7) is 3.43. The van der Waals surface area contributed by atoms with Crippen LogP contribution >= 0.6 is 15.9 Å². The fraction of sp³-hybridized carbons (Fsp3) is 0.429. The molecule has 0 aromatic heterocycles. The van der Waals surface area contributed by atoms with Gasteiger partial charge in [0.1, 0.15) is 5.75 Å². The third-order valence-corrected chi connectivity index (χ3v) is 3.73. The smallest absolute Gasteiger partial charge is 0.404 e. The van der Waals surface area contributed by atoms with Gasteiger partial charge >= 0.3 is 6.09 Å². The van der Waals surface area contributed by atoms with Crippen LogP contribution in [0.25, 0.3) is 0 Å². The number of hydrogen-bond donors (Lipinski definition) is 4. The van der Waals surface area contributed by atoms with Gasteiger partial charge in [-0.15, -0.1) is 0 Å². The summed E-state index contributed by atoms with van der Waals surface area (Å²) in [5.74, 6) is -0.0345. The van der Waals surface area contributed by atoms with Gasteiger partial charge in [-0.05, 0) is 35.3 Å². The first kappa shape index (κ1) is 18.1. The second-order valence-electron chi connectivity index (χ2n) is 5.05. The molecule has 5 N–H and O–H groups in total. The highest BCUT2D eigenvalue weighted by Crippen LogP contribution is 2.33. The molecule has 22 heavy (non-hydrogen) atoms. The summed E-state index contributed by atoms with van der Waals surface area (Å²) < 4.78 is 5.79. The summed E-state index contributed by atoms with van der Waals surface area (Å²) in [7, 11) is 1.52. The first-order valence-corrected chi connectivity index (χ1v) is 7.47. The molecule has 122 valence electrons. The lowest BCUT2D eigenvalue weighted by atomic mass is 10.0. The fourth-order valence-electron chi connectivity index (χ4n) is 2.00. The molecule has 2 unspecified atom stereocenters. The number of rotatable bonds is 6. The highest BCUT2D eigenvalue weighted by Gasteiger charge is 2.19. The molecular formula is C14H20BrN3O4. The minimum atomic E-state index is -1.11. The van der Waals surface area contributed by atoms with Crippen molar-refractivity contribution in [1.29, 1.82) is 0 Å². The van der Waals surface area contributed by atoms with Crippen LogP contribution in [0.4, 0.5) is 16.2 Å². The van der Waals surface area contributed by atoms with E-state index in [1.807, 2.05) is 0 Å². The van der Waals surface area contributed by atoms with E-state index in [9.17, 15) is 9.59 Å².